The van der Waals surface area contributed by atoms with Crippen molar-refractivity contribution in [2.45, 2.75) is 45.1 Å². The van der Waals surface area contributed by atoms with Gasteiger partial charge in [-0.1, -0.05) is 19.9 Å². The monoisotopic (exact) mass is 453 g/mol. The van der Waals surface area contributed by atoms with Crippen LogP contribution in [-0.4, -0.2) is 41.3 Å². The molecule has 0 atom stereocenters. The van der Waals surface area contributed by atoms with E-state index >= 15 is 0 Å². The summed E-state index contributed by atoms with van der Waals surface area (Å²) >= 11 is 0. The van der Waals surface area contributed by atoms with E-state index in [1.807, 2.05) is 31.4 Å². The van der Waals surface area contributed by atoms with Gasteiger partial charge in [-0.2, -0.15) is 9.57 Å². The van der Waals surface area contributed by atoms with Crippen LogP contribution in [0.3, 0.4) is 0 Å². The fraction of sp³-hybridized carbons (Fsp3) is 0.348. The van der Waals surface area contributed by atoms with Gasteiger partial charge in [0.1, 0.15) is 5.82 Å². The standard InChI is InChI=1S/C23H27N5O3S/c1-4-27(5-2)32(30,31)19-10-11-21-20(15-19)26-22(28(21)6-3)12-13-23(29)25-18-9-7-8-17(14-18)16-24/h7-11,14-15H,4-6,12-13H2,1-3H3,(H,25,29). The average Bonchev–Trinajstić information content (AvgIpc) is 3.15. The number of aromatic nitrogens is 2. The number of fused-ring (bicyclic) bond motifs is 1. The minimum atomic E-state index is -3.57. The molecular formula is C23H27N5O3S. The normalized spacial score (nSPS) is 11.6. The van der Waals surface area contributed by atoms with Gasteiger partial charge in [0.25, 0.3) is 0 Å². The topological polar surface area (TPSA) is 108 Å². The van der Waals surface area contributed by atoms with Crippen molar-refractivity contribution in [3.05, 3.63) is 53.9 Å². The molecule has 0 aliphatic carbocycles. The molecule has 8 nitrogen and oxygen atoms in total. The van der Waals surface area contributed by atoms with E-state index in [-0.39, 0.29) is 17.2 Å². The SMILES string of the molecule is CCN(CC)S(=O)(=O)c1ccc2c(c1)nc(CCC(=O)Nc1cccc(C#N)c1)n2CC. The van der Waals surface area contributed by atoms with Crippen molar-refractivity contribution < 1.29 is 13.2 Å². The number of anilines is 1. The second-order valence-corrected chi connectivity index (χ2v) is 9.19. The Labute approximate surface area is 188 Å². The summed E-state index contributed by atoms with van der Waals surface area (Å²) in [5.41, 5.74) is 2.48. The van der Waals surface area contributed by atoms with Crippen molar-refractivity contribution in [2.75, 3.05) is 18.4 Å². The van der Waals surface area contributed by atoms with Crippen LogP contribution in [0.5, 0.6) is 0 Å². The molecule has 2 aromatic carbocycles. The number of nitrogens with one attached hydrogen (secondary N) is 1. The van der Waals surface area contributed by atoms with Crippen molar-refractivity contribution in [1.29, 1.82) is 5.26 Å². The molecule has 1 aromatic heterocycles. The molecule has 3 aromatic rings. The highest BCUT2D eigenvalue weighted by atomic mass is 32.2. The molecule has 0 aliphatic rings. The Kier molecular flexibility index (Phi) is 7.28. The Morgan fingerprint density at radius 2 is 1.91 bits per heavy atom. The molecule has 1 N–H and O–H groups in total. The molecule has 0 saturated carbocycles. The van der Waals surface area contributed by atoms with Crippen LogP contribution in [0.25, 0.3) is 11.0 Å². The van der Waals surface area contributed by atoms with Gasteiger partial charge in [0.2, 0.25) is 15.9 Å². The van der Waals surface area contributed by atoms with Gasteiger partial charge < -0.3 is 9.88 Å². The lowest BCUT2D eigenvalue weighted by molar-refractivity contribution is -0.116. The fourth-order valence-electron chi connectivity index (χ4n) is 3.69. The summed E-state index contributed by atoms with van der Waals surface area (Å²) in [5, 5.41) is 11.8. The van der Waals surface area contributed by atoms with Crippen molar-refractivity contribution >= 4 is 32.7 Å². The molecule has 0 aliphatic heterocycles. The van der Waals surface area contributed by atoms with E-state index < -0.39 is 10.0 Å². The van der Waals surface area contributed by atoms with E-state index in [2.05, 4.69) is 10.3 Å². The summed E-state index contributed by atoms with van der Waals surface area (Å²) in [6.07, 6.45) is 0.620. The zero-order valence-corrected chi connectivity index (χ0v) is 19.3. The third-order valence-corrected chi connectivity index (χ3v) is 7.36. The van der Waals surface area contributed by atoms with E-state index in [9.17, 15) is 13.2 Å². The molecule has 9 heteroatoms. The molecule has 1 amide bonds. The number of amides is 1. The lowest BCUT2D eigenvalue weighted by Gasteiger charge is -2.18. The molecule has 0 bridgehead atoms. The molecule has 0 unspecified atom stereocenters. The second kappa shape index (κ2) is 9.94. The fourth-order valence-corrected chi connectivity index (χ4v) is 5.17. The average molecular weight is 454 g/mol. The number of aryl methyl sites for hydroxylation is 2. The summed E-state index contributed by atoms with van der Waals surface area (Å²) in [6, 6.07) is 13.8. The molecule has 168 valence electrons. The number of sulfonamides is 1. The number of rotatable bonds is 9. The van der Waals surface area contributed by atoms with Gasteiger partial charge >= 0.3 is 0 Å². The maximum Gasteiger partial charge on any atom is 0.243 e. The molecule has 1 heterocycles. The summed E-state index contributed by atoms with van der Waals surface area (Å²) in [5.74, 6) is 0.542. The lowest BCUT2D eigenvalue weighted by Crippen LogP contribution is -2.30. The predicted molar refractivity (Wildman–Crippen MR) is 124 cm³/mol. The van der Waals surface area contributed by atoms with E-state index in [1.165, 1.54) is 4.31 Å². The molecule has 0 fully saturated rings. The largest absolute Gasteiger partial charge is 0.328 e. The van der Waals surface area contributed by atoms with Gasteiger partial charge in [-0.3, -0.25) is 4.79 Å². The summed E-state index contributed by atoms with van der Waals surface area (Å²) in [4.78, 5) is 17.3. The van der Waals surface area contributed by atoms with E-state index in [0.29, 0.717) is 42.8 Å². The van der Waals surface area contributed by atoms with Crippen LogP contribution in [0.2, 0.25) is 0 Å². The van der Waals surface area contributed by atoms with Crippen molar-refractivity contribution in [2.24, 2.45) is 0 Å². The number of hydrogen-bond acceptors (Lipinski definition) is 5. The number of carbonyl (C=O) groups is 1. The zero-order chi connectivity index (χ0) is 23.3. The Bertz CT molecular complexity index is 1270. The highest BCUT2D eigenvalue weighted by molar-refractivity contribution is 7.89. The maximum atomic E-state index is 12.9. The number of hydrogen-bond donors (Lipinski definition) is 1. The first-order valence-corrected chi connectivity index (χ1v) is 12.1. The highest BCUT2D eigenvalue weighted by Crippen LogP contribution is 2.23. The number of imidazole rings is 1. The number of benzene rings is 2. The first-order chi connectivity index (χ1) is 15.3. The van der Waals surface area contributed by atoms with Crippen LogP contribution >= 0.6 is 0 Å². The van der Waals surface area contributed by atoms with Gasteiger partial charge in [0.05, 0.1) is 27.6 Å². The highest BCUT2D eigenvalue weighted by Gasteiger charge is 2.23. The zero-order valence-electron chi connectivity index (χ0n) is 18.5. The van der Waals surface area contributed by atoms with Crippen LogP contribution in [0.4, 0.5) is 5.69 Å². The van der Waals surface area contributed by atoms with Crippen LogP contribution in [0.15, 0.2) is 47.4 Å². The first-order valence-electron chi connectivity index (χ1n) is 10.6. The summed E-state index contributed by atoms with van der Waals surface area (Å²) in [6.45, 7) is 7.06. The Morgan fingerprint density at radius 1 is 1.16 bits per heavy atom. The van der Waals surface area contributed by atoms with E-state index in [1.54, 1.807) is 42.5 Å². The van der Waals surface area contributed by atoms with Crippen molar-refractivity contribution in [3.8, 4) is 6.07 Å². The third kappa shape index (κ3) is 4.82. The predicted octanol–water partition coefficient (Wildman–Crippen LogP) is 3.53. The molecular weight excluding hydrogens is 426 g/mol. The molecule has 0 spiro atoms. The van der Waals surface area contributed by atoms with Crippen molar-refractivity contribution in [1.82, 2.24) is 13.9 Å². The Morgan fingerprint density at radius 3 is 2.56 bits per heavy atom. The Hall–Kier alpha value is -3.22. The van der Waals surface area contributed by atoms with Gasteiger partial charge in [-0.25, -0.2) is 13.4 Å². The van der Waals surface area contributed by atoms with Crippen LogP contribution in [-0.2, 0) is 27.8 Å². The number of nitriles is 1. The third-order valence-electron chi connectivity index (χ3n) is 5.31. The minimum Gasteiger partial charge on any atom is -0.328 e. The lowest BCUT2D eigenvalue weighted by atomic mass is 10.2. The van der Waals surface area contributed by atoms with Crippen LogP contribution in [0, 0.1) is 11.3 Å². The van der Waals surface area contributed by atoms with Gasteiger partial charge in [-0.15, -0.1) is 0 Å². The van der Waals surface area contributed by atoms with Gasteiger partial charge in [0.15, 0.2) is 0 Å². The first kappa shape index (κ1) is 23.4. The molecule has 3 rings (SSSR count). The number of carbonyl (C=O) groups excluding carboxylic acids is 1. The smallest absolute Gasteiger partial charge is 0.243 e. The summed E-state index contributed by atoms with van der Waals surface area (Å²) < 4.78 is 29.1. The molecule has 0 saturated heterocycles. The van der Waals surface area contributed by atoms with Crippen LogP contribution in [0.1, 0.15) is 38.6 Å². The molecule has 32 heavy (non-hydrogen) atoms. The quantitative estimate of drug-likeness (QED) is 0.533. The minimum absolute atomic E-state index is 0.181. The van der Waals surface area contributed by atoms with Gasteiger partial charge in [-0.05, 0) is 43.3 Å². The van der Waals surface area contributed by atoms with Crippen LogP contribution < -0.4 is 5.32 Å². The Balaban J connectivity index is 1.81. The molecule has 0 radical (unpaired) electrons. The van der Waals surface area contributed by atoms with Gasteiger partial charge in [0, 0.05) is 38.2 Å². The second-order valence-electron chi connectivity index (χ2n) is 7.25. The number of nitrogens with zero attached hydrogens (tertiary/aromatic N) is 4. The van der Waals surface area contributed by atoms with E-state index in [4.69, 9.17) is 5.26 Å². The maximum absolute atomic E-state index is 12.9. The van der Waals surface area contributed by atoms with E-state index in [0.717, 1.165) is 11.3 Å². The van der Waals surface area contributed by atoms with Crippen molar-refractivity contribution in [3.63, 3.8) is 0 Å². The summed E-state index contributed by atoms with van der Waals surface area (Å²) in [7, 11) is -3.57.